The molecule has 1 saturated carbocycles. The third-order valence-corrected chi connectivity index (χ3v) is 4.08. The molecule has 8 nitrogen and oxygen atoms in total. The topological polar surface area (TPSA) is 107 Å². The number of hydrogen-bond donors (Lipinski definition) is 2. The van der Waals surface area contributed by atoms with E-state index in [1.54, 1.807) is 31.2 Å². The van der Waals surface area contributed by atoms with Crippen LogP contribution in [-0.2, 0) is 9.53 Å². The van der Waals surface area contributed by atoms with E-state index >= 15 is 0 Å². The van der Waals surface area contributed by atoms with Gasteiger partial charge in [0.25, 0.3) is 11.5 Å². The van der Waals surface area contributed by atoms with Gasteiger partial charge in [-0.25, -0.2) is 0 Å². The van der Waals surface area contributed by atoms with E-state index in [1.165, 1.54) is 0 Å². The molecule has 2 N–H and O–H groups in total. The number of rotatable bonds is 7. The van der Waals surface area contributed by atoms with Crippen molar-refractivity contribution in [3.05, 3.63) is 40.2 Å². The SMILES string of the molecule is CCOC(=O)CNC(=O)c1c(O)c2ccccc2n(OCC2CC2)c1=O. The summed E-state index contributed by atoms with van der Waals surface area (Å²) in [6.45, 7) is 1.78. The van der Waals surface area contributed by atoms with E-state index in [1.807, 2.05) is 0 Å². The van der Waals surface area contributed by atoms with Gasteiger partial charge >= 0.3 is 5.97 Å². The average molecular weight is 360 g/mol. The fourth-order valence-corrected chi connectivity index (χ4v) is 2.55. The zero-order valence-corrected chi connectivity index (χ0v) is 14.4. The first-order valence-electron chi connectivity index (χ1n) is 8.46. The second-order valence-corrected chi connectivity index (χ2v) is 6.07. The highest BCUT2D eigenvalue weighted by atomic mass is 16.7. The second kappa shape index (κ2) is 7.47. The molecule has 0 atom stereocenters. The van der Waals surface area contributed by atoms with Crippen LogP contribution in [0.5, 0.6) is 5.75 Å². The predicted octanol–water partition coefficient (Wildman–Crippen LogP) is 0.839. The number of carbonyl (C=O) groups is 2. The van der Waals surface area contributed by atoms with Gasteiger partial charge in [0.1, 0.15) is 18.9 Å². The van der Waals surface area contributed by atoms with Gasteiger partial charge in [-0.3, -0.25) is 14.4 Å². The molecule has 3 rings (SSSR count). The molecule has 0 saturated heterocycles. The summed E-state index contributed by atoms with van der Waals surface area (Å²) in [5.74, 6) is -1.55. The highest BCUT2D eigenvalue weighted by Gasteiger charge is 2.26. The van der Waals surface area contributed by atoms with Crippen LogP contribution in [0.15, 0.2) is 29.1 Å². The smallest absolute Gasteiger partial charge is 0.325 e. The molecule has 0 aliphatic heterocycles. The first kappa shape index (κ1) is 17.8. The number of pyridine rings is 1. The maximum atomic E-state index is 12.7. The van der Waals surface area contributed by atoms with Gasteiger partial charge in [0.05, 0.1) is 12.1 Å². The van der Waals surface area contributed by atoms with Crippen LogP contribution in [0.4, 0.5) is 0 Å². The summed E-state index contributed by atoms with van der Waals surface area (Å²) in [7, 11) is 0. The second-order valence-electron chi connectivity index (χ2n) is 6.07. The third-order valence-electron chi connectivity index (χ3n) is 4.08. The Morgan fingerprint density at radius 3 is 2.73 bits per heavy atom. The molecule has 1 aliphatic rings. The lowest BCUT2D eigenvalue weighted by molar-refractivity contribution is -0.141. The molecule has 1 aromatic carbocycles. The van der Waals surface area contributed by atoms with Crippen molar-refractivity contribution in [3.8, 4) is 5.75 Å². The largest absolute Gasteiger partial charge is 0.506 e. The quantitative estimate of drug-likeness (QED) is 0.709. The van der Waals surface area contributed by atoms with Crippen molar-refractivity contribution in [2.45, 2.75) is 19.8 Å². The predicted molar refractivity (Wildman–Crippen MR) is 93.0 cm³/mol. The summed E-state index contributed by atoms with van der Waals surface area (Å²) in [6, 6.07) is 6.60. The zero-order chi connectivity index (χ0) is 18.7. The van der Waals surface area contributed by atoms with E-state index in [2.05, 4.69) is 5.32 Å². The lowest BCUT2D eigenvalue weighted by Crippen LogP contribution is -2.38. The number of hydrogen-bond acceptors (Lipinski definition) is 6. The maximum absolute atomic E-state index is 12.7. The van der Waals surface area contributed by atoms with Gasteiger partial charge in [-0.2, -0.15) is 0 Å². The number of fused-ring (bicyclic) bond motifs is 1. The van der Waals surface area contributed by atoms with Crippen LogP contribution in [-0.4, -0.2) is 41.5 Å². The molecule has 1 fully saturated rings. The average Bonchev–Trinajstić information content (AvgIpc) is 3.44. The molecule has 0 spiro atoms. The van der Waals surface area contributed by atoms with Crippen molar-refractivity contribution in [2.24, 2.45) is 5.92 Å². The highest BCUT2D eigenvalue weighted by Crippen LogP contribution is 2.29. The summed E-state index contributed by atoms with van der Waals surface area (Å²) in [5.41, 5.74) is -0.871. The molecule has 0 unspecified atom stereocenters. The van der Waals surface area contributed by atoms with Gasteiger partial charge in [-0.1, -0.05) is 12.1 Å². The van der Waals surface area contributed by atoms with E-state index in [0.717, 1.165) is 17.6 Å². The molecular weight excluding hydrogens is 340 g/mol. The van der Waals surface area contributed by atoms with E-state index in [0.29, 0.717) is 23.4 Å². The van der Waals surface area contributed by atoms with Crippen molar-refractivity contribution < 1.29 is 24.3 Å². The molecule has 138 valence electrons. The van der Waals surface area contributed by atoms with E-state index in [4.69, 9.17) is 9.57 Å². The van der Waals surface area contributed by atoms with Crippen LogP contribution in [0.25, 0.3) is 10.9 Å². The molecule has 1 heterocycles. The van der Waals surface area contributed by atoms with E-state index in [9.17, 15) is 19.5 Å². The Hall–Kier alpha value is -3.03. The van der Waals surface area contributed by atoms with Crippen molar-refractivity contribution in [3.63, 3.8) is 0 Å². The Kier molecular flexibility index (Phi) is 5.11. The summed E-state index contributed by atoms with van der Waals surface area (Å²) < 4.78 is 5.76. The van der Waals surface area contributed by atoms with Crippen LogP contribution in [0.3, 0.4) is 0 Å². The van der Waals surface area contributed by atoms with Gasteiger partial charge in [0, 0.05) is 5.39 Å². The molecule has 1 aliphatic carbocycles. The summed E-state index contributed by atoms with van der Waals surface area (Å²) >= 11 is 0. The first-order valence-corrected chi connectivity index (χ1v) is 8.46. The Balaban J connectivity index is 1.96. The minimum Gasteiger partial charge on any atom is -0.506 e. The Labute approximate surface area is 149 Å². The van der Waals surface area contributed by atoms with Crippen molar-refractivity contribution >= 4 is 22.8 Å². The van der Waals surface area contributed by atoms with E-state index in [-0.39, 0.29) is 6.61 Å². The number of amides is 1. The number of aromatic nitrogens is 1. The van der Waals surface area contributed by atoms with Crippen LogP contribution in [0.2, 0.25) is 0 Å². The molecule has 8 heteroatoms. The molecule has 1 aromatic heterocycles. The van der Waals surface area contributed by atoms with Gasteiger partial charge < -0.3 is 20.0 Å². The summed E-state index contributed by atoms with van der Waals surface area (Å²) in [5, 5.41) is 13.0. The Bertz CT molecular complexity index is 900. The van der Waals surface area contributed by atoms with Gasteiger partial charge in [-0.05, 0) is 37.8 Å². The Morgan fingerprint density at radius 1 is 1.31 bits per heavy atom. The minimum atomic E-state index is -0.866. The fourth-order valence-electron chi connectivity index (χ4n) is 2.55. The van der Waals surface area contributed by atoms with Gasteiger partial charge in [0.2, 0.25) is 0 Å². The lowest BCUT2D eigenvalue weighted by Gasteiger charge is -2.15. The normalized spacial score (nSPS) is 13.4. The fraction of sp³-hybridized carbons (Fsp3) is 0.389. The van der Waals surface area contributed by atoms with Crippen LogP contribution in [0.1, 0.15) is 30.1 Å². The summed E-state index contributed by atoms with van der Waals surface area (Å²) in [4.78, 5) is 42.2. The third kappa shape index (κ3) is 3.63. The first-order chi connectivity index (χ1) is 12.5. The number of ether oxygens (including phenoxy) is 1. The molecule has 26 heavy (non-hydrogen) atoms. The van der Waals surface area contributed by atoms with Gasteiger partial charge in [-0.15, -0.1) is 4.73 Å². The number of esters is 1. The number of aromatic hydroxyl groups is 1. The number of carbonyl (C=O) groups excluding carboxylic acids is 2. The zero-order valence-electron chi connectivity index (χ0n) is 14.4. The van der Waals surface area contributed by atoms with Crippen molar-refractivity contribution in [1.82, 2.24) is 10.0 Å². The molecule has 0 bridgehead atoms. The number of para-hydroxylation sites is 1. The number of nitrogens with zero attached hydrogens (tertiary/aromatic N) is 1. The standard InChI is InChI=1S/C18H20N2O6/c1-2-25-14(21)9-19-17(23)15-16(22)12-5-3-4-6-13(12)20(18(15)24)26-10-11-7-8-11/h3-6,11,22H,2,7-10H2,1H3,(H,19,23). The monoisotopic (exact) mass is 360 g/mol. The van der Waals surface area contributed by atoms with Crippen LogP contribution < -0.4 is 15.7 Å². The number of nitrogens with one attached hydrogen (secondary N) is 1. The molecule has 0 radical (unpaired) electrons. The minimum absolute atomic E-state index is 0.178. The molecule has 2 aromatic rings. The molecular formula is C18H20N2O6. The van der Waals surface area contributed by atoms with Crippen LogP contribution >= 0.6 is 0 Å². The van der Waals surface area contributed by atoms with Gasteiger partial charge in [0.15, 0.2) is 5.56 Å². The lowest BCUT2D eigenvalue weighted by atomic mass is 10.1. The van der Waals surface area contributed by atoms with E-state index < -0.39 is 35.3 Å². The highest BCUT2D eigenvalue weighted by molar-refractivity contribution is 6.03. The Morgan fingerprint density at radius 2 is 2.04 bits per heavy atom. The van der Waals surface area contributed by atoms with Crippen molar-refractivity contribution in [2.75, 3.05) is 19.8 Å². The maximum Gasteiger partial charge on any atom is 0.325 e. The van der Waals surface area contributed by atoms with Crippen LogP contribution in [0, 0.1) is 5.92 Å². The summed E-state index contributed by atoms with van der Waals surface area (Å²) in [6.07, 6.45) is 2.08. The van der Waals surface area contributed by atoms with Crippen molar-refractivity contribution in [1.29, 1.82) is 0 Å². The molecule has 1 amide bonds. The number of benzene rings is 1.